The zero-order valence-corrected chi connectivity index (χ0v) is 15.0. The highest BCUT2D eigenvalue weighted by Gasteiger charge is 2.27. The van der Waals surface area contributed by atoms with Crippen molar-refractivity contribution in [2.24, 2.45) is 7.05 Å². The molecule has 1 atom stereocenters. The van der Waals surface area contributed by atoms with E-state index < -0.39 is 0 Å². The summed E-state index contributed by atoms with van der Waals surface area (Å²) in [5.41, 5.74) is 1.97. The third-order valence-electron chi connectivity index (χ3n) is 4.34. The lowest BCUT2D eigenvalue weighted by Crippen LogP contribution is -2.46. The molecule has 1 aliphatic rings. The monoisotopic (exact) mass is 366 g/mol. The van der Waals surface area contributed by atoms with E-state index in [0.29, 0.717) is 0 Å². The van der Waals surface area contributed by atoms with Gasteiger partial charge < -0.3 is 14.3 Å². The van der Waals surface area contributed by atoms with Gasteiger partial charge in [-0.15, -0.1) is 12.4 Å². The number of nitrogens with one attached hydrogen (secondary N) is 1. The molecule has 0 amide bonds. The number of nitrogens with zero attached hydrogens (tertiary/aromatic N) is 5. The van der Waals surface area contributed by atoms with E-state index in [2.05, 4.69) is 26.0 Å². The summed E-state index contributed by atoms with van der Waals surface area (Å²) in [7, 11) is 2.04. The van der Waals surface area contributed by atoms with Gasteiger partial charge in [0.05, 0.1) is 16.8 Å². The molecule has 0 aromatic carbocycles. The van der Waals surface area contributed by atoms with Crippen molar-refractivity contribution in [1.82, 2.24) is 29.2 Å². The summed E-state index contributed by atoms with van der Waals surface area (Å²) < 4.78 is 4.07. The molecule has 4 rings (SSSR count). The maximum Gasteiger partial charge on any atom is 0.137 e. The highest BCUT2D eigenvalue weighted by Crippen LogP contribution is 2.23. The Kier molecular flexibility index (Phi) is 5.10. The Balaban J connectivity index is 0.00000169. The Morgan fingerprint density at radius 3 is 3.00 bits per heavy atom. The molecule has 1 saturated heterocycles. The first-order valence-electron chi connectivity index (χ1n) is 7.76. The number of piperazine rings is 1. The zero-order chi connectivity index (χ0) is 15.8. The van der Waals surface area contributed by atoms with Gasteiger partial charge in [0, 0.05) is 58.0 Å². The van der Waals surface area contributed by atoms with Gasteiger partial charge >= 0.3 is 0 Å². The van der Waals surface area contributed by atoms with Crippen molar-refractivity contribution in [3.63, 3.8) is 0 Å². The van der Waals surface area contributed by atoms with Crippen LogP contribution in [0.15, 0.2) is 36.9 Å². The average Bonchev–Trinajstić information content (AvgIpc) is 3.13. The minimum absolute atomic E-state index is 0. The lowest BCUT2D eigenvalue weighted by Gasteiger charge is -2.35. The molecular formula is C16H20Cl2N6. The lowest BCUT2D eigenvalue weighted by atomic mass is 10.1. The Bertz CT molecular complexity index is 827. The van der Waals surface area contributed by atoms with Crippen molar-refractivity contribution in [3.05, 3.63) is 53.5 Å². The lowest BCUT2D eigenvalue weighted by molar-refractivity contribution is 0.143. The Labute approximate surface area is 151 Å². The highest BCUT2D eigenvalue weighted by molar-refractivity contribution is 6.30. The average molecular weight is 367 g/mol. The third kappa shape index (κ3) is 3.28. The van der Waals surface area contributed by atoms with Crippen LogP contribution in [0.2, 0.25) is 5.02 Å². The predicted molar refractivity (Wildman–Crippen MR) is 96.7 cm³/mol. The topological polar surface area (TPSA) is 50.4 Å². The number of halogens is 2. The molecule has 0 spiro atoms. The number of fused-ring (bicyclic) bond motifs is 1. The quantitative estimate of drug-likeness (QED) is 0.772. The maximum absolute atomic E-state index is 6.05. The van der Waals surface area contributed by atoms with Gasteiger partial charge in [-0.3, -0.25) is 4.90 Å². The standard InChI is InChI=1S/C16H19ClN6.ClH/c1-21-6-5-19-16(21)14-8-18-4-7-22(14)10-13-11-23-9-12(17)2-3-15(23)20-13;/h2-3,5-6,9,11,14,18H,4,7-8,10H2,1H3;1H. The van der Waals surface area contributed by atoms with Crippen molar-refractivity contribution in [3.8, 4) is 0 Å². The van der Waals surface area contributed by atoms with Crippen LogP contribution in [-0.4, -0.2) is 43.5 Å². The molecule has 1 N–H and O–H groups in total. The summed E-state index contributed by atoms with van der Waals surface area (Å²) >= 11 is 6.05. The second-order valence-electron chi connectivity index (χ2n) is 5.93. The summed E-state index contributed by atoms with van der Waals surface area (Å²) in [6.45, 7) is 3.68. The van der Waals surface area contributed by atoms with Crippen molar-refractivity contribution in [2.75, 3.05) is 19.6 Å². The molecule has 0 radical (unpaired) electrons. The summed E-state index contributed by atoms with van der Waals surface area (Å²) in [6, 6.07) is 4.08. The Morgan fingerprint density at radius 2 is 2.21 bits per heavy atom. The molecule has 4 heterocycles. The largest absolute Gasteiger partial charge is 0.337 e. The Morgan fingerprint density at radius 1 is 1.33 bits per heavy atom. The molecule has 1 fully saturated rings. The number of pyridine rings is 1. The van der Waals surface area contributed by atoms with Gasteiger partial charge in [0.25, 0.3) is 0 Å². The van der Waals surface area contributed by atoms with Crippen LogP contribution in [0.4, 0.5) is 0 Å². The van der Waals surface area contributed by atoms with Crippen LogP contribution < -0.4 is 5.32 Å². The van der Waals surface area contributed by atoms with Crippen LogP contribution in [0.1, 0.15) is 17.6 Å². The number of hydrogen-bond acceptors (Lipinski definition) is 4. The highest BCUT2D eigenvalue weighted by atomic mass is 35.5. The van der Waals surface area contributed by atoms with E-state index in [9.17, 15) is 0 Å². The number of hydrogen-bond donors (Lipinski definition) is 1. The van der Waals surface area contributed by atoms with E-state index >= 15 is 0 Å². The first kappa shape index (κ1) is 17.2. The van der Waals surface area contributed by atoms with Crippen molar-refractivity contribution in [1.29, 1.82) is 0 Å². The minimum atomic E-state index is 0. The van der Waals surface area contributed by atoms with Crippen molar-refractivity contribution < 1.29 is 0 Å². The van der Waals surface area contributed by atoms with Gasteiger partial charge in [-0.1, -0.05) is 11.6 Å². The summed E-state index contributed by atoms with van der Waals surface area (Å²) in [4.78, 5) is 11.7. The second kappa shape index (κ2) is 7.11. The van der Waals surface area contributed by atoms with Crippen LogP contribution in [0.5, 0.6) is 0 Å². The fourth-order valence-corrected chi connectivity index (χ4v) is 3.36. The smallest absolute Gasteiger partial charge is 0.137 e. The molecule has 8 heteroatoms. The predicted octanol–water partition coefficient (Wildman–Crippen LogP) is 2.29. The zero-order valence-electron chi connectivity index (χ0n) is 13.4. The summed E-state index contributed by atoms with van der Waals surface area (Å²) in [5, 5.41) is 4.18. The molecule has 0 aliphatic carbocycles. The molecule has 6 nitrogen and oxygen atoms in total. The fourth-order valence-electron chi connectivity index (χ4n) is 3.19. The van der Waals surface area contributed by atoms with Crippen LogP contribution in [-0.2, 0) is 13.6 Å². The van der Waals surface area contributed by atoms with E-state index in [0.717, 1.165) is 48.4 Å². The molecule has 24 heavy (non-hydrogen) atoms. The number of rotatable bonds is 3. The van der Waals surface area contributed by atoms with E-state index in [-0.39, 0.29) is 18.4 Å². The van der Waals surface area contributed by atoms with Crippen molar-refractivity contribution >= 4 is 29.7 Å². The summed E-state index contributed by atoms with van der Waals surface area (Å²) in [5.74, 6) is 1.09. The van der Waals surface area contributed by atoms with Gasteiger partial charge in [0.1, 0.15) is 11.5 Å². The molecule has 3 aromatic heterocycles. The minimum Gasteiger partial charge on any atom is -0.337 e. The number of aromatic nitrogens is 4. The van der Waals surface area contributed by atoms with Crippen LogP contribution in [0.25, 0.3) is 5.65 Å². The molecule has 0 bridgehead atoms. The van der Waals surface area contributed by atoms with Gasteiger partial charge in [0.15, 0.2) is 0 Å². The first-order chi connectivity index (χ1) is 11.2. The fraction of sp³-hybridized carbons (Fsp3) is 0.375. The third-order valence-corrected chi connectivity index (χ3v) is 4.56. The van der Waals surface area contributed by atoms with E-state index in [1.54, 1.807) is 0 Å². The molecular weight excluding hydrogens is 347 g/mol. The van der Waals surface area contributed by atoms with E-state index in [4.69, 9.17) is 16.6 Å². The van der Waals surface area contributed by atoms with Crippen LogP contribution in [0, 0.1) is 0 Å². The summed E-state index contributed by atoms with van der Waals surface area (Å²) in [6.07, 6.45) is 7.80. The maximum atomic E-state index is 6.05. The molecule has 1 aliphatic heterocycles. The van der Waals surface area contributed by atoms with Crippen molar-refractivity contribution in [2.45, 2.75) is 12.6 Å². The van der Waals surface area contributed by atoms with E-state index in [1.807, 2.05) is 42.2 Å². The van der Waals surface area contributed by atoms with Gasteiger partial charge in [-0.25, -0.2) is 9.97 Å². The van der Waals surface area contributed by atoms with Gasteiger partial charge in [-0.05, 0) is 12.1 Å². The molecule has 3 aromatic rings. The Hall–Kier alpha value is -1.60. The SMILES string of the molecule is Cl.Cn1ccnc1C1CNCCN1Cc1cn2cc(Cl)ccc2n1. The van der Waals surface area contributed by atoms with Crippen LogP contribution >= 0.6 is 24.0 Å². The van der Waals surface area contributed by atoms with Crippen LogP contribution in [0.3, 0.4) is 0 Å². The molecule has 0 saturated carbocycles. The van der Waals surface area contributed by atoms with E-state index in [1.165, 1.54) is 0 Å². The molecule has 1 unspecified atom stereocenters. The second-order valence-corrected chi connectivity index (χ2v) is 6.37. The van der Waals surface area contributed by atoms with Gasteiger partial charge in [-0.2, -0.15) is 0 Å². The van der Waals surface area contributed by atoms with Gasteiger partial charge in [0.2, 0.25) is 0 Å². The molecule has 128 valence electrons. The number of aryl methyl sites for hydroxylation is 1. The normalized spacial score (nSPS) is 18.7. The first-order valence-corrected chi connectivity index (χ1v) is 8.13. The number of imidazole rings is 2.